The summed E-state index contributed by atoms with van der Waals surface area (Å²) in [7, 11) is 0. The Morgan fingerprint density at radius 2 is 1.62 bits per heavy atom. The van der Waals surface area contributed by atoms with Crippen molar-refractivity contribution in [3.8, 4) is 0 Å². The first-order valence-electron chi connectivity index (χ1n) is 11.6. The average molecular weight is 495 g/mol. The van der Waals surface area contributed by atoms with Gasteiger partial charge < -0.3 is 10.2 Å². The topological polar surface area (TPSA) is 49.4 Å². The van der Waals surface area contributed by atoms with Gasteiger partial charge in [-0.2, -0.15) is 0 Å². The van der Waals surface area contributed by atoms with Crippen LogP contribution in [0.15, 0.2) is 89.8 Å². The molecular formula is C28H31ClN2O2S. The third-order valence-corrected chi connectivity index (χ3v) is 6.68. The van der Waals surface area contributed by atoms with E-state index in [1.807, 2.05) is 78.9 Å². The molecule has 0 spiro atoms. The smallest absolute Gasteiger partial charge is 0.243 e. The number of thioether (sulfide) groups is 1. The molecule has 0 radical (unpaired) electrons. The van der Waals surface area contributed by atoms with E-state index in [0.717, 1.165) is 28.9 Å². The summed E-state index contributed by atoms with van der Waals surface area (Å²) in [5.74, 6) is 0.0377. The van der Waals surface area contributed by atoms with E-state index < -0.39 is 6.04 Å². The number of carbonyl (C=O) groups is 2. The quantitative estimate of drug-likeness (QED) is 0.248. The minimum Gasteiger partial charge on any atom is -0.354 e. The van der Waals surface area contributed by atoms with Crippen molar-refractivity contribution in [2.24, 2.45) is 0 Å². The van der Waals surface area contributed by atoms with Gasteiger partial charge in [0.25, 0.3) is 0 Å². The van der Waals surface area contributed by atoms with Gasteiger partial charge >= 0.3 is 0 Å². The van der Waals surface area contributed by atoms with Crippen molar-refractivity contribution in [1.82, 2.24) is 10.2 Å². The van der Waals surface area contributed by atoms with Gasteiger partial charge in [0.1, 0.15) is 6.04 Å². The number of hydrogen-bond donors (Lipinski definition) is 1. The molecule has 0 heterocycles. The van der Waals surface area contributed by atoms with Crippen molar-refractivity contribution < 1.29 is 9.59 Å². The number of nitrogens with one attached hydrogen (secondary N) is 1. The van der Waals surface area contributed by atoms with Crippen molar-refractivity contribution in [1.29, 1.82) is 0 Å². The number of benzene rings is 3. The van der Waals surface area contributed by atoms with Crippen LogP contribution in [0.2, 0.25) is 5.02 Å². The van der Waals surface area contributed by atoms with Crippen LogP contribution in [-0.2, 0) is 22.6 Å². The summed E-state index contributed by atoms with van der Waals surface area (Å²) in [4.78, 5) is 29.6. The highest BCUT2D eigenvalue weighted by Gasteiger charge is 2.30. The maximum absolute atomic E-state index is 13.6. The van der Waals surface area contributed by atoms with E-state index in [-0.39, 0.29) is 17.6 Å². The number of carbonyl (C=O) groups excluding carboxylic acids is 2. The molecule has 34 heavy (non-hydrogen) atoms. The SMILES string of the molecule is CCCCNC(=O)[C@@H](Cc1ccccc1)N(Cc1cccc(Cl)c1)C(=O)CSc1ccccc1. The molecule has 0 aliphatic rings. The number of amides is 2. The largest absolute Gasteiger partial charge is 0.354 e. The summed E-state index contributed by atoms with van der Waals surface area (Å²) >= 11 is 7.70. The van der Waals surface area contributed by atoms with Crippen LogP contribution in [0.5, 0.6) is 0 Å². The molecule has 0 aromatic heterocycles. The minimum atomic E-state index is -0.623. The van der Waals surface area contributed by atoms with Gasteiger partial charge in [-0.15, -0.1) is 11.8 Å². The first-order valence-corrected chi connectivity index (χ1v) is 13.0. The Kier molecular flexibility index (Phi) is 10.5. The van der Waals surface area contributed by atoms with E-state index in [4.69, 9.17) is 11.6 Å². The van der Waals surface area contributed by atoms with E-state index in [0.29, 0.717) is 24.5 Å². The normalized spacial score (nSPS) is 11.6. The van der Waals surface area contributed by atoms with Crippen molar-refractivity contribution in [2.45, 2.75) is 43.7 Å². The fourth-order valence-electron chi connectivity index (χ4n) is 3.64. The molecule has 0 aliphatic heterocycles. The van der Waals surface area contributed by atoms with Crippen molar-refractivity contribution in [3.63, 3.8) is 0 Å². The average Bonchev–Trinajstić information content (AvgIpc) is 2.86. The van der Waals surface area contributed by atoms with Gasteiger partial charge in [-0.3, -0.25) is 9.59 Å². The Balaban J connectivity index is 1.87. The molecule has 3 aromatic rings. The van der Waals surface area contributed by atoms with Gasteiger partial charge in [0.15, 0.2) is 0 Å². The molecule has 3 aromatic carbocycles. The molecule has 3 rings (SSSR count). The summed E-state index contributed by atoms with van der Waals surface area (Å²) in [6.45, 7) is 3.00. The summed E-state index contributed by atoms with van der Waals surface area (Å²) in [6, 6.07) is 26.5. The first kappa shape index (κ1) is 25.9. The lowest BCUT2D eigenvalue weighted by molar-refractivity contribution is -0.139. The third-order valence-electron chi connectivity index (χ3n) is 5.45. The van der Waals surface area contributed by atoms with Crippen molar-refractivity contribution in [2.75, 3.05) is 12.3 Å². The highest BCUT2D eigenvalue weighted by molar-refractivity contribution is 8.00. The fourth-order valence-corrected chi connectivity index (χ4v) is 4.66. The zero-order chi connectivity index (χ0) is 24.2. The standard InChI is InChI=1S/C28H31ClN2O2S/c1-2-3-17-30-28(33)26(19-22-11-6-4-7-12-22)31(20-23-13-10-14-24(29)18-23)27(32)21-34-25-15-8-5-9-16-25/h4-16,18,26H,2-3,17,19-21H2,1H3,(H,30,33)/t26-/m1/s1. The second-order valence-corrected chi connectivity index (χ2v) is 9.59. The predicted molar refractivity (Wildman–Crippen MR) is 141 cm³/mol. The molecule has 1 atom stereocenters. The maximum Gasteiger partial charge on any atom is 0.243 e. The Morgan fingerprint density at radius 3 is 2.29 bits per heavy atom. The van der Waals surface area contributed by atoms with Crippen LogP contribution < -0.4 is 5.32 Å². The molecule has 6 heteroatoms. The van der Waals surface area contributed by atoms with Gasteiger partial charge in [0.05, 0.1) is 5.75 Å². The molecular weight excluding hydrogens is 464 g/mol. The van der Waals surface area contributed by atoms with E-state index >= 15 is 0 Å². The fraction of sp³-hybridized carbons (Fsp3) is 0.286. The van der Waals surface area contributed by atoms with Crippen LogP contribution in [0.3, 0.4) is 0 Å². The molecule has 0 unspecified atom stereocenters. The van der Waals surface area contributed by atoms with Gasteiger partial charge in [-0.1, -0.05) is 85.6 Å². The van der Waals surface area contributed by atoms with E-state index in [1.54, 1.807) is 11.0 Å². The Bertz CT molecular complexity index is 1050. The van der Waals surface area contributed by atoms with Gasteiger partial charge in [0.2, 0.25) is 11.8 Å². The van der Waals surface area contributed by atoms with Gasteiger partial charge in [-0.05, 0) is 41.8 Å². The lowest BCUT2D eigenvalue weighted by Crippen LogP contribution is -2.51. The highest BCUT2D eigenvalue weighted by atomic mass is 35.5. The summed E-state index contributed by atoms with van der Waals surface area (Å²) in [6.07, 6.45) is 2.33. The van der Waals surface area contributed by atoms with Crippen LogP contribution in [-0.4, -0.2) is 35.1 Å². The van der Waals surface area contributed by atoms with Gasteiger partial charge in [0, 0.05) is 29.4 Å². The second-order valence-electron chi connectivity index (χ2n) is 8.10. The third kappa shape index (κ3) is 8.23. The molecule has 2 amide bonds. The maximum atomic E-state index is 13.6. The van der Waals surface area contributed by atoms with E-state index in [9.17, 15) is 9.59 Å². The molecule has 4 nitrogen and oxygen atoms in total. The van der Waals surface area contributed by atoms with Crippen LogP contribution in [0.25, 0.3) is 0 Å². The number of hydrogen-bond acceptors (Lipinski definition) is 3. The zero-order valence-corrected chi connectivity index (χ0v) is 21.0. The molecule has 1 N–H and O–H groups in total. The highest BCUT2D eigenvalue weighted by Crippen LogP contribution is 2.21. The number of nitrogens with zero attached hydrogens (tertiary/aromatic N) is 1. The first-order chi connectivity index (χ1) is 16.6. The molecule has 0 aliphatic carbocycles. The van der Waals surface area contributed by atoms with Crippen LogP contribution in [0.4, 0.5) is 0 Å². The van der Waals surface area contributed by atoms with Crippen molar-refractivity contribution >= 4 is 35.2 Å². The predicted octanol–water partition coefficient (Wildman–Crippen LogP) is 5.99. The summed E-state index contributed by atoms with van der Waals surface area (Å²) in [5, 5.41) is 3.65. The van der Waals surface area contributed by atoms with Crippen LogP contribution in [0.1, 0.15) is 30.9 Å². The van der Waals surface area contributed by atoms with Crippen LogP contribution >= 0.6 is 23.4 Å². The van der Waals surface area contributed by atoms with E-state index in [2.05, 4.69) is 12.2 Å². The Hall–Kier alpha value is -2.76. The zero-order valence-electron chi connectivity index (χ0n) is 19.5. The lowest BCUT2D eigenvalue weighted by atomic mass is 10.0. The Labute approximate surface area is 211 Å². The number of unbranched alkanes of at least 4 members (excludes halogenated alkanes) is 1. The molecule has 0 saturated carbocycles. The summed E-state index contributed by atoms with van der Waals surface area (Å²) < 4.78 is 0. The molecule has 0 bridgehead atoms. The van der Waals surface area contributed by atoms with Crippen molar-refractivity contribution in [3.05, 3.63) is 101 Å². The number of rotatable bonds is 12. The summed E-state index contributed by atoms with van der Waals surface area (Å²) in [5.41, 5.74) is 1.91. The molecule has 178 valence electrons. The monoisotopic (exact) mass is 494 g/mol. The van der Waals surface area contributed by atoms with E-state index in [1.165, 1.54) is 11.8 Å². The van der Waals surface area contributed by atoms with Gasteiger partial charge in [-0.25, -0.2) is 0 Å². The second kappa shape index (κ2) is 13.8. The number of halogens is 1. The van der Waals surface area contributed by atoms with Crippen LogP contribution in [0, 0.1) is 0 Å². The molecule has 0 saturated heterocycles. The lowest BCUT2D eigenvalue weighted by Gasteiger charge is -2.31. The minimum absolute atomic E-state index is 0.0830. The Morgan fingerprint density at radius 1 is 0.941 bits per heavy atom. The molecule has 0 fully saturated rings.